The summed E-state index contributed by atoms with van der Waals surface area (Å²) in [6, 6.07) is 7.86. The number of nitrogens with two attached hydrogens (primary N) is 1. The van der Waals surface area contributed by atoms with Gasteiger partial charge >= 0.3 is 0 Å². The van der Waals surface area contributed by atoms with Crippen LogP contribution in [0.4, 0.5) is 0 Å². The Morgan fingerprint density at radius 3 is 2.88 bits per heavy atom. The second kappa shape index (κ2) is 5.07. The van der Waals surface area contributed by atoms with E-state index in [1.54, 1.807) is 6.92 Å². The topological polar surface area (TPSA) is 46.3 Å². The SMILES string of the molecule is CC(=O)N1CC(N)CC(c2cccc(Cl)c2)C1. The number of carbonyl (C=O) groups is 1. The lowest BCUT2D eigenvalue weighted by Gasteiger charge is -2.36. The molecule has 2 unspecified atom stereocenters. The summed E-state index contributed by atoms with van der Waals surface area (Å²) in [6.45, 7) is 2.99. The summed E-state index contributed by atoms with van der Waals surface area (Å²) in [5, 5.41) is 0.732. The monoisotopic (exact) mass is 252 g/mol. The molecule has 0 bridgehead atoms. The summed E-state index contributed by atoms with van der Waals surface area (Å²) in [6.07, 6.45) is 0.907. The Morgan fingerprint density at radius 2 is 2.24 bits per heavy atom. The van der Waals surface area contributed by atoms with Crippen molar-refractivity contribution in [1.29, 1.82) is 0 Å². The number of hydrogen-bond acceptors (Lipinski definition) is 2. The largest absolute Gasteiger partial charge is 0.341 e. The molecule has 0 saturated carbocycles. The molecule has 1 heterocycles. The molecule has 0 spiro atoms. The summed E-state index contributed by atoms with van der Waals surface area (Å²) in [7, 11) is 0. The maximum Gasteiger partial charge on any atom is 0.219 e. The Kier molecular flexibility index (Phi) is 3.69. The molecular weight excluding hydrogens is 236 g/mol. The smallest absolute Gasteiger partial charge is 0.219 e. The minimum Gasteiger partial charge on any atom is -0.341 e. The fourth-order valence-corrected chi connectivity index (χ4v) is 2.60. The molecule has 1 fully saturated rings. The normalized spacial score (nSPS) is 24.8. The molecular formula is C13H17ClN2O. The molecule has 2 rings (SSSR count). The Hall–Kier alpha value is -1.06. The van der Waals surface area contributed by atoms with Gasteiger partial charge in [0.25, 0.3) is 0 Å². The van der Waals surface area contributed by atoms with Gasteiger partial charge in [0.05, 0.1) is 0 Å². The number of benzene rings is 1. The van der Waals surface area contributed by atoms with Crippen LogP contribution < -0.4 is 5.73 Å². The minimum absolute atomic E-state index is 0.0524. The highest BCUT2D eigenvalue weighted by Crippen LogP contribution is 2.28. The third-order valence-electron chi connectivity index (χ3n) is 3.25. The first-order chi connectivity index (χ1) is 8.06. The van der Waals surface area contributed by atoms with Crippen molar-refractivity contribution in [2.24, 2.45) is 5.73 Å². The van der Waals surface area contributed by atoms with E-state index in [0.29, 0.717) is 12.5 Å². The Morgan fingerprint density at radius 1 is 1.47 bits per heavy atom. The molecule has 1 aromatic rings. The number of amides is 1. The van der Waals surface area contributed by atoms with Crippen LogP contribution >= 0.6 is 11.6 Å². The fourth-order valence-electron chi connectivity index (χ4n) is 2.40. The van der Waals surface area contributed by atoms with E-state index in [2.05, 4.69) is 0 Å². The second-order valence-electron chi connectivity index (χ2n) is 4.67. The van der Waals surface area contributed by atoms with Crippen molar-refractivity contribution in [2.75, 3.05) is 13.1 Å². The number of likely N-dealkylation sites (tertiary alicyclic amines) is 1. The quantitative estimate of drug-likeness (QED) is 0.831. The maximum atomic E-state index is 11.4. The minimum atomic E-state index is 0.0524. The number of piperidine rings is 1. The van der Waals surface area contributed by atoms with Crippen molar-refractivity contribution >= 4 is 17.5 Å². The molecule has 1 aliphatic heterocycles. The first kappa shape index (κ1) is 12.4. The third-order valence-corrected chi connectivity index (χ3v) is 3.48. The van der Waals surface area contributed by atoms with Gasteiger partial charge in [-0.3, -0.25) is 4.79 Å². The zero-order valence-corrected chi connectivity index (χ0v) is 10.7. The van der Waals surface area contributed by atoms with Crippen LogP contribution in [-0.2, 0) is 4.79 Å². The van der Waals surface area contributed by atoms with Gasteiger partial charge in [0.1, 0.15) is 0 Å². The summed E-state index contributed by atoms with van der Waals surface area (Å²) < 4.78 is 0. The Labute approximate surface area is 107 Å². The van der Waals surface area contributed by atoms with Crippen molar-refractivity contribution < 1.29 is 4.79 Å². The Bertz CT molecular complexity index is 422. The predicted molar refractivity (Wildman–Crippen MR) is 69.0 cm³/mol. The van der Waals surface area contributed by atoms with Crippen molar-refractivity contribution in [3.05, 3.63) is 34.9 Å². The maximum absolute atomic E-state index is 11.4. The van der Waals surface area contributed by atoms with Gasteiger partial charge in [-0.25, -0.2) is 0 Å². The third kappa shape index (κ3) is 2.99. The van der Waals surface area contributed by atoms with Crippen LogP contribution in [0.2, 0.25) is 5.02 Å². The van der Waals surface area contributed by atoms with Gasteiger partial charge in [0, 0.05) is 37.0 Å². The highest BCUT2D eigenvalue weighted by molar-refractivity contribution is 6.30. The summed E-state index contributed by atoms with van der Waals surface area (Å²) in [5.41, 5.74) is 7.17. The number of hydrogen-bond donors (Lipinski definition) is 1. The van der Waals surface area contributed by atoms with Gasteiger partial charge in [-0.2, -0.15) is 0 Å². The summed E-state index contributed by atoms with van der Waals surface area (Å²) >= 11 is 5.99. The van der Waals surface area contributed by atoms with Crippen LogP contribution in [0.25, 0.3) is 0 Å². The van der Waals surface area contributed by atoms with E-state index < -0.39 is 0 Å². The van der Waals surface area contributed by atoms with Crippen LogP contribution in [0.15, 0.2) is 24.3 Å². The van der Waals surface area contributed by atoms with Crippen LogP contribution in [0.1, 0.15) is 24.8 Å². The van der Waals surface area contributed by atoms with E-state index in [1.165, 1.54) is 5.56 Å². The highest BCUT2D eigenvalue weighted by atomic mass is 35.5. The van der Waals surface area contributed by atoms with Crippen molar-refractivity contribution in [2.45, 2.75) is 25.3 Å². The van der Waals surface area contributed by atoms with E-state index in [1.807, 2.05) is 29.2 Å². The number of rotatable bonds is 1. The van der Waals surface area contributed by atoms with Crippen molar-refractivity contribution in [1.82, 2.24) is 4.90 Å². The first-order valence-corrected chi connectivity index (χ1v) is 6.20. The van der Waals surface area contributed by atoms with Crippen LogP contribution in [0.3, 0.4) is 0 Å². The number of halogens is 1. The highest BCUT2D eigenvalue weighted by Gasteiger charge is 2.27. The summed E-state index contributed by atoms with van der Waals surface area (Å²) in [5.74, 6) is 0.383. The molecule has 0 aliphatic carbocycles. The van der Waals surface area contributed by atoms with Crippen molar-refractivity contribution in [3.63, 3.8) is 0 Å². The van der Waals surface area contributed by atoms with E-state index >= 15 is 0 Å². The lowest BCUT2D eigenvalue weighted by molar-refractivity contribution is -0.130. The van der Waals surface area contributed by atoms with E-state index in [4.69, 9.17) is 17.3 Å². The van der Waals surface area contributed by atoms with Gasteiger partial charge in [-0.1, -0.05) is 23.7 Å². The number of carbonyl (C=O) groups excluding carboxylic acids is 1. The lowest BCUT2D eigenvalue weighted by Crippen LogP contribution is -2.47. The van der Waals surface area contributed by atoms with Crippen molar-refractivity contribution in [3.8, 4) is 0 Å². The average Bonchev–Trinajstić information content (AvgIpc) is 2.28. The van der Waals surface area contributed by atoms with Gasteiger partial charge in [0.15, 0.2) is 0 Å². The molecule has 92 valence electrons. The van der Waals surface area contributed by atoms with Crippen LogP contribution in [0.5, 0.6) is 0 Å². The average molecular weight is 253 g/mol. The van der Waals surface area contributed by atoms with Gasteiger partial charge in [-0.05, 0) is 24.1 Å². The number of nitrogens with zero attached hydrogens (tertiary/aromatic N) is 1. The standard InChI is InChI=1S/C13H17ClN2O/c1-9(17)16-7-11(6-13(15)8-16)10-3-2-4-12(14)5-10/h2-5,11,13H,6-8,15H2,1H3. The molecule has 2 N–H and O–H groups in total. The predicted octanol–water partition coefficient (Wildman–Crippen LogP) is 2.00. The van der Waals surface area contributed by atoms with E-state index in [0.717, 1.165) is 18.0 Å². The molecule has 1 amide bonds. The molecule has 0 aromatic heterocycles. The summed E-state index contributed by atoms with van der Waals surface area (Å²) in [4.78, 5) is 13.3. The van der Waals surface area contributed by atoms with Gasteiger partial charge < -0.3 is 10.6 Å². The Balaban J connectivity index is 2.18. The zero-order chi connectivity index (χ0) is 12.4. The van der Waals surface area contributed by atoms with E-state index in [-0.39, 0.29) is 11.9 Å². The van der Waals surface area contributed by atoms with Crippen LogP contribution in [0, 0.1) is 0 Å². The van der Waals surface area contributed by atoms with Gasteiger partial charge in [0.2, 0.25) is 5.91 Å². The molecule has 3 nitrogen and oxygen atoms in total. The molecule has 0 radical (unpaired) electrons. The molecule has 1 aliphatic rings. The van der Waals surface area contributed by atoms with Gasteiger partial charge in [-0.15, -0.1) is 0 Å². The fraction of sp³-hybridized carbons (Fsp3) is 0.462. The van der Waals surface area contributed by atoms with E-state index in [9.17, 15) is 4.79 Å². The second-order valence-corrected chi connectivity index (χ2v) is 5.11. The molecule has 17 heavy (non-hydrogen) atoms. The first-order valence-electron chi connectivity index (χ1n) is 5.83. The lowest BCUT2D eigenvalue weighted by atomic mass is 9.88. The molecule has 1 saturated heterocycles. The zero-order valence-electron chi connectivity index (χ0n) is 9.90. The van der Waals surface area contributed by atoms with Crippen LogP contribution in [-0.4, -0.2) is 29.9 Å². The molecule has 4 heteroatoms. The molecule has 2 atom stereocenters. The molecule has 1 aromatic carbocycles.